The van der Waals surface area contributed by atoms with Crippen molar-refractivity contribution >= 4 is 0 Å². The number of aliphatic hydroxyl groups excluding tert-OH is 1. The highest BCUT2D eigenvalue weighted by molar-refractivity contribution is 5.15. The Kier molecular flexibility index (Phi) is 5.62. The number of aliphatic hydroxyl groups is 1. The zero-order chi connectivity index (χ0) is 14.4. The fraction of sp³-hybridized carbons (Fsp3) is 0.667. The van der Waals surface area contributed by atoms with Crippen LogP contribution in [0, 0.1) is 0 Å². The van der Waals surface area contributed by atoms with Crippen molar-refractivity contribution in [2.45, 2.75) is 63.0 Å². The van der Waals surface area contributed by atoms with Gasteiger partial charge in [-0.15, -0.1) is 0 Å². The third kappa shape index (κ3) is 3.62. The number of nitrogens with zero attached hydrogens (tertiary/aromatic N) is 1. The topological polar surface area (TPSA) is 23.5 Å². The molecule has 112 valence electrons. The third-order valence-electron chi connectivity index (χ3n) is 5.03. The minimum atomic E-state index is -0.226. The van der Waals surface area contributed by atoms with E-state index in [0.29, 0.717) is 0 Å². The van der Waals surface area contributed by atoms with Crippen molar-refractivity contribution in [3.8, 4) is 0 Å². The molecule has 1 unspecified atom stereocenters. The first-order valence-electron chi connectivity index (χ1n) is 8.04. The van der Waals surface area contributed by atoms with Crippen molar-refractivity contribution in [3.63, 3.8) is 0 Å². The summed E-state index contributed by atoms with van der Waals surface area (Å²) in [5.41, 5.74) is 1.32. The standard InChI is InChI=1S/C18H29NO/c1-19(2)18(14-8-3-4-9-15-18)17(20)13-12-16-10-6-5-7-11-16/h5-7,10-11,17,20H,3-4,8-9,12-15H2,1-2H3. The summed E-state index contributed by atoms with van der Waals surface area (Å²) >= 11 is 0. The first-order valence-corrected chi connectivity index (χ1v) is 8.04. The molecule has 1 atom stereocenters. The van der Waals surface area contributed by atoms with Crippen molar-refractivity contribution < 1.29 is 5.11 Å². The zero-order valence-corrected chi connectivity index (χ0v) is 13.0. The van der Waals surface area contributed by atoms with Gasteiger partial charge in [0.25, 0.3) is 0 Å². The van der Waals surface area contributed by atoms with Crippen LogP contribution in [0.4, 0.5) is 0 Å². The molecule has 1 aromatic carbocycles. The van der Waals surface area contributed by atoms with Crippen LogP contribution in [0.3, 0.4) is 0 Å². The highest BCUT2D eigenvalue weighted by atomic mass is 16.3. The van der Waals surface area contributed by atoms with Gasteiger partial charge in [-0.1, -0.05) is 56.0 Å². The second kappa shape index (κ2) is 7.24. The Morgan fingerprint density at radius 3 is 2.20 bits per heavy atom. The summed E-state index contributed by atoms with van der Waals surface area (Å²) in [7, 11) is 4.27. The van der Waals surface area contributed by atoms with Crippen LogP contribution in [0.25, 0.3) is 0 Å². The number of rotatable bonds is 5. The lowest BCUT2D eigenvalue weighted by molar-refractivity contribution is -0.0221. The van der Waals surface area contributed by atoms with E-state index in [4.69, 9.17) is 0 Å². The number of aryl methyl sites for hydroxylation is 1. The molecule has 1 N–H and O–H groups in total. The summed E-state index contributed by atoms with van der Waals surface area (Å²) in [5, 5.41) is 10.8. The molecule has 0 heterocycles. The lowest BCUT2D eigenvalue weighted by Gasteiger charge is -2.43. The van der Waals surface area contributed by atoms with Crippen LogP contribution < -0.4 is 0 Å². The van der Waals surface area contributed by atoms with Gasteiger partial charge >= 0.3 is 0 Å². The maximum absolute atomic E-state index is 10.8. The van der Waals surface area contributed by atoms with E-state index in [9.17, 15) is 5.11 Å². The van der Waals surface area contributed by atoms with Crippen LogP contribution in [0.1, 0.15) is 50.5 Å². The van der Waals surface area contributed by atoms with Crippen molar-refractivity contribution in [2.75, 3.05) is 14.1 Å². The number of hydrogen-bond acceptors (Lipinski definition) is 2. The highest BCUT2D eigenvalue weighted by Gasteiger charge is 2.39. The summed E-state index contributed by atoms with van der Waals surface area (Å²) in [4.78, 5) is 2.29. The largest absolute Gasteiger partial charge is 0.391 e. The fourth-order valence-electron chi connectivity index (χ4n) is 3.64. The van der Waals surface area contributed by atoms with E-state index < -0.39 is 0 Å². The van der Waals surface area contributed by atoms with Crippen LogP contribution in [0.5, 0.6) is 0 Å². The molecule has 2 heteroatoms. The monoisotopic (exact) mass is 275 g/mol. The molecule has 0 aromatic heterocycles. The number of hydrogen-bond donors (Lipinski definition) is 1. The Balaban J connectivity index is 2.01. The molecule has 1 saturated carbocycles. The molecular formula is C18H29NO. The van der Waals surface area contributed by atoms with Crippen molar-refractivity contribution in [2.24, 2.45) is 0 Å². The Bertz CT molecular complexity index is 380. The third-order valence-corrected chi connectivity index (χ3v) is 5.03. The lowest BCUT2D eigenvalue weighted by atomic mass is 9.80. The van der Waals surface area contributed by atoms with Gasteiger partial charge in [0.1, 0.15) is 0 Å². The van der Waals surface area contributed by atoms with E-state index in [0.717, 1.165) is 25.7 Å². The summed E-state index contributed by atoms with van der Waals surface area (Å²) in [5.74, 6) is 0. The van der Waals surface area contributed by atoms with E-state index in [-0.39, 0.29) is 11.6 Å². The molecule has 2 rings (SSSR count). The maximum atomic E-state index is 10.8. The quantitative estimate of drug-likeness (QED) is 0.829. The molecule has 1 aliphatic carbocycles. The van der Waals surface area contributed by atoms with E-state index >= 15 is 0 Å². The van der Waals surface area contributed by atoms with Crippen LogP contribution in [0.2, 0.25) is 0 Å². The van der Waals surface area contributed by atoms with Crippen LogP contribution >= 0.6 is 0 Å². The maximum Gasteiger partial charge on any atom is 0.0726 e. The molecule has 0 saturated heterocycles. The second-order valence-corrected chi connectivity index (χ2v) is 6.45. The molecular weight excluding hydrogens is 246 g/mol. The summed E-state index contributed by atoms with van der Waals surface area (Å²) in [6, 6.07) is 10.5. The van der Waals surface area contributed by atoms with Gasteiger partial charge in [0.05, 0.1) is 6.10 Å². The van der Waals surface area contributed by atoms with Gasteiger partial charge < -0.3 is 10.0 Å². The van der Waals surface area contributed by atoms with Crippen molar-refractivity contribution in [1.29, 1.82) is 0 Å². The van der Waals surface area contributed by atoms with E-state index in [2.05, 4.69) is 43.3 Å². The predicted molar refractivity (Wildman–Crippen MR) is 84.9 cm³/mol. The summed E-state index contributed by atoms with van der Waals surface area (Å²) in [6.45, 7) is 0. The molecule has 0 bridgehead atoms. The first-order chi connectivity index (χ1) is 9.65. The Hall–Kier alpha value is -0.860. The smallest absolute Gasteiger partial charge is 0.0726 e. The van der Waals surface area contributed by atoms with Crippen molar-refractivity contribution in [3.05, 3.63) is 35.9 Å². The van der Waals surface area contributed by atoms with Crippen molar-refractivity contribution in [1.82, 2.24) is 4.90 Å². The highest BCUT2D eigenvalue weighted by Crippen LogP contribution is 2.35. The first kappa shape index (κ1) is 15.5. The molecule has 0 radical (unpaired) electrons. The van der Waals surface area contributed by atoms with Crippen LogP contribution in [-0.2, 0) is 6.42 Å². The van der Waals surface area contributed by atoms with Gasteiger partial charge in [-0.2, -0.15) is 0 Å². The Labute approximate surface area is 123 Å². The Morgan fingerprint density at radius 2 is 1.65 bits per heavy atom. The lowest BCUT2D eigenvalue weighted by Crippen LogP contribution is -2.53. The number of likely N-dealkylation sites (N-methyl/N-ethyl adjacent to an activating group) is 1. The molecule has 1 aliphatic rings. The summed E-state index contributed by atoms with van der Waals surface area (Å²) in [6.07, 6.45) is 9.02. The number of benzene rings is 1. The van der Waals surface area contributed by atoms with Gasteiger partial charge in [0.15, 0.2) is 0 Å². The van der Waals surface area contributed by atoms with Crippen LogP contribution in [-0.4, -0.2) is 35.7 Å². The SMILES string of the molecule is CN(C)C1(C(O)CCc2ccccc2)CCCCCC1. The van der Waals surface area contributed by atoms with Gasteiger partial charge in [0, 0.05) is 5.54 Å². The molecule has 1 fully saturated rings. The van der Waals surface area contributed by atoms with Gasteiger partial charge in [-0.25, -0.2) is 0 Å². The summed E-state index contributed by atoms with van der Waals surface area (Å²) < 4.78 is 0. The average molecular weight is 275 g/mol. The fourth-order valence-corrected chi connectivity index (χ4v) is 3.64. The molecule has 0 amide bonds. The minimum Gasteiger partial charge on any atom is -0.391 e. The van der Waals surface area contributed by atoms with Gasteiger partial charge in [-0.3, -0.25) is 0 Å². The van der Waals surface area contributed by atoms with E-state index in [1.54, 1.807) is 0 Å². The average Bonchev–Trinajstić information content (AvgIpc) is 2.72. The van der Waals surface area contributed by atoms with Crippen LogP contribution in [0.15, 0.2) is 30.3 Å². The van der Waals surface area contributed by atoms with Gasteiger partial charge in [-0.05, 0) is 45.3 Å². The van der Waals surface area contributed by atoms with E-state index in [1.165, 1.54) is 31.2 Å². The Morgan fingerprint density at radius 1 is 1.05 bits per heavy atom. The van der Waals surface area contributed by atoms with E-state index in [1.807, 2.05) is 6.07 Å². The molecule has 2 nitrogen and oxygen atoms in total. The zero-order valence-electron chi connectivity index (χ0n) is 13.0. The van der Waals surface area contributed by atoms with Gasteiger partial charge in [0.2, 0.25) is 0 Å². The second-order valence-electron chi connectivity index (χ2n) is 6.45. The normalized spacial score (nSPS) is 20.6. The minimum absolute atomic E-state index is 0.00865. The molecule has 0 spiro atoms. The molecule has 20 heavy (non-hydrogen) atoms. The molecule has 1 aromatic rings. The molecule has 0 aliphatic heterocycles. The predicted octanol–water partition coefficient (Wildman–Crippen LogP) is 3.63.